The van der Waals surface area contributed by atoms with Gasteiger partial charge in [0.05, 0.1) is 22.9 Å². The Kier molecular flexibility index (Phi) is 4.38. The Morgan fingerprint density at radius 1 is 1.08 bits per heavy atom. The Labute approximate surface area is 138 Å². The van der Waals surface area contributed by atoms with Crippen LogP contribution < -0.4 is 5.32 Å². The molecule has 0 radical (unpaired) electrons. The molecule has 0 saturated carbocycles. The number of nitro groups is 1. The van der Waals surface area contributed by atoms with E-state index in [1.54, 1.807) is 0 Å². The van der Waals surface area contributed by atoms with Crippen LogP contribution in [0.1, 0.15) is 10.4 Å². The summed E-state index contributed by atoms with van der Waals surface area (Å²) in [7, 11) is 0. The average molecular weight is 321 g/mol. The minimum Gasteiger partial charge on any atom is -0.360 e. The second-order valence-electron chi connectivity index (χ2n) is 5.22. The highest BCUT2D eigenvalue weighted by Gasteiger charge is 2.17. The lowest BCUT2D eigenvalue weighted by molar-refractivity contribution is -0.384. The number of hydrogen-bond donors (Lipinski definition) is 1. The molecule has 0 fully saturated rings. The van der Waals surface area contributed by atoms with Crippen molar-refractivity contribution in [1.82, 2.24) is 10.2 Å². The van der Waals surface area contributed by atoms with E-state index in [0.29, 0.717) is 5.56 Å². The smallest absolute Gasteiger partial charge is 0.269 e. The third-order valence-electron chi connectivity index (χ3n) is 3.64. The number of nitro benzene ring substituents is 1. The Morgan fingerprint density at radius 3 is 2.50 bits per heavy atom. The van der Waals surface area contributed by atoms with Crippen molar-refractivity contribution in [1.29, 1.82) is 0 Å². The van der Waals surface area contributed by atoms with E-state index < -0.39 is 4.92 Å². The summed E-state index contributed by atoms with van der Waals surface area (Å²) in [5, 5.41) is 13.8. The van der Waals surface area contributed by atoms with E-state index in [1.165, 1.54) is 24.3 Å². The van der Waals surface area contributed by atoms with E-state index in [0.717, 1.165) is 11.4 Å². The number of hydrogen-bond acceptors (Lipinski definition) is 5. The van der Waals surface area contributed by atoms with Gasteiger partial charge in [-0.2, -0.15) is 0 Å². The van der Waals surface area contributed by atoms with E-state index in [9.17, 15) is 14.9 Å². The molecule has 1 aromatic carbocycles. The van der Waals surface area contributed by atoms with Crippen LogP contribution in [0, 0.1) is 10.1 Å². The van der Waals surface area contributed by atoms with E-state index in [1.807, 2.05) is 53.8 Å². The summed E-state index contributed by atoms with van der Waals surface area (Å²) in [6, 6.07) is 5.65. The summed E-state index contributed by atoms with van der Waals surface area (Å²) < 4.78 is 0. The monoisotopic (exact) mass is 321 g/mol. The van der Waals surface area contributed by atoms with Crippen molar-refractivity contribution in [2.45, 2.75) is 0 Å². The first-order valence-electron chi connectivity index (χ1n) is 7.38. The first kappa shape index (κ1) is 15.5. The summed E-state index contributed by atoms with van der Waals surface area (Å²) in [5.74, 6) is -0.113. The van der Waals surface area contributed by atoms with Gasteiger partial charge in [0.25, 0.3) is 5.69 Å². The van der Waals surface area contributed by atoms with E-state index in [-0.39, 0.29) is 18.0 Å². The van der Waals surface area contributed by atoms with Gasteiger partial charge in [0.1, 0.15) is 0 Å². The number of benzene rings is 1. The molecule has 1 N–H and O–H groups in total. The second kappa shape index (κ2) is 6.78. The van der Waals surface area contributed by atoms with Crippen LogP contribution in [-0.4, -0.2) is 22.2 Å². The molecule has 0 amide bonds. The molecular formula is C18H15N3O3. The van der Waals surface area contributed by atoms with Crippen LogP contribution in [0.3, 0.4) is 0 Å². The summed E-state index contributed by atoms with van der Waals surface area (Å²) in [5.41, 5.74) is 2.20. The maximum atomic E-state index is 12.5. The normalized spacial score (nSPS) is 18.6. The van der Waals surface area contributed by atoms with Crippen molar-refractivity contribution in [3.8, 4) is 0 Å². The third kappa shape index (κ3) is 3.33. The molecule has 6 nitrogen and oxygen atoms in total. The highest BCUT2D eigenvalue weighted by atomic mass is 16.6. The van der Waals surface area contributed by atoms with Gasteiger partial charge in [-0.1, -0.05) is 12.2 Å². The molecule has 0 aliphatic carbocycles. The Balaban J connectivity index is 1.78. The van der Waals surface area contributed by atoms with Crippen LogP contribution in [0.2, 0.25) is 0 Å². The average Bonchev–Trinajstić information content (AvgIpc) is 2.63. The second-order valence-corrected chi connectivity index (χ2v) is 5.22. The Hall–Kier alpha value is -3.41. The molecule has 2 aliphatic heterocycles. The largest absolute Gasteiger partial charge is 0.360 e. The molecule has 120 valence electrons. The summed E-state index contributed by atoms with van der Waals surface area (Å²) in [6.45, 7) is 0.150. The van der Waals surface area contributed by atoms with Crippen molar-refractivity contribution < 1.29 is 9.72 Å². The van der Waals surface area contributed by atoms with Crippen molar-refractivity contribution in [3.63, 3.8) is 0 Å². The van der Waals surface area contributed by atoms with Gasteiger partial charge < -0.3 is 10.2 Å². The minimum absolute atomic E-state index is 0.0292. The lowest BCUT2D eigenvalue weighted by atomic mass is 10.1. The van der Waals surface area contributed by atoms with E-state index >= 15 is 0 Å². The van der Waals surface area contributed by atoms with E-state index in [2.05, 4.69) is 5.32 Å². The number of non-ortho nitro benzene ring substituents is 1. The van der Waals surface area contributed by atoms with Crippen LogP contribution >= 0.6 is 0 Å². The highest BCUT2D eigenvalue weighted by Crippen LogP contribution is 2.19. The number of ketones is 1. The topological polar surface area (TPSA) is 75.5 Å². The number of dihydropyridines is 1. The van der Waals surface area contributed by atoms with Crippen LogP contribution in [0.25, 0.3) is 0 Å². The van der Waals surface area contributed by atoms with Crippen LogP contribution in [0.4, 0.5) is 5.69 Å². The third-order valence-corrected chi connectivity index (χ3v) is 3.64. The summed E-state index contributed by atoms with van der Waals surface area (Å²) in [6.07, 6.45) is 15.1. The Bertz CT molecular complexity index is 814. The number of Topliss-reactive ketones (excluding diaryl/α,β-unsaturated/α-hetero) is 1. The highest BCUT2D eigenvalue weighted by molar-refractivity contribution is 5.98. The number of nitrogens with zero attached hydrogens (tertiary/aromatic N) is 2. The molecule has 0 bridgehead atoms. The van der Waals surface area contributed by atoms with Gasteiger partial charge in [-0.05, 0) is 36.4 Å². The zero-order valence-corrected chi connectivity index (χ0v) is 12.8. The van der Waals surface area contributed by atoms with Gasteiger partial charge in [0.2, 0.25) is 0 Å². The molecule has 2 heterocycles. The fourth-order valence-electron chi connectivity index (χ4n) is 2.43. The zero-order valence-electron chi connectivity index (χ0n) is 12.8. The molecule has 0 aromatic heterocycles. The fourth-order valence-corrected chi connectivity index (χ4v) is 2.43. The molecule has 1 aromatic rings. The van der Waals surface area contributed by atoms with Crippen molar-refractivity contribution in [3.05, 3.63) is 100 Å². The first-order chi connectivity index (χ1) is 11.6. The summed E-state index contributed by atoms with van der Waals surface area (Å²) >= 11 is 0. The van der Waals surface area contributed by atoms with Crippen molar-refractivity contribution >= 4 is 11.5 Å². The molecule has 0 unspecified atom stereocenters. The van der Waals surface area contributed by atoms with Crippen LogP contribution in [-0.2, 0) is 0 Å². The lowest BCUT2D eigenvalue weighted by Crippen LogP contribution is -2.28. The van der Waals surface area contributed by atoms with Gasteiger partial charge in [-0.25, -0.2) is 0 Å². The van der Waals surface area contributed by atoms with Gasteiger partial charge in [-0.15, -0.1) is 0 Å². The summed E-state index contributed by atoms with van der Waals surface area (Å²) in [4.78, 5) is 24.5. The predicted octanol–water partition coefficient (Wildman–Crippen LogP) is 3.05. The maximum absolute atomic E-state index is 12.5. The number of carbonyl (C=O) groups excluding carboxylic acids is 1. The van der Waals surface area contributed by atoms with Gasteiger partial charge in [0.15, 0.2) is 5.78 Å². The van der Waals surface area contributed by atoms with Gasteiger partial charge >= 0.3 is 0 Å². The molecule has 3 rings (SSSR count). The van der Waals surface area contributed by atoms with Gasteiger partial charge in [-0.3, -0.25) is 14.9 Å². The van der Waals surface area contributed by atoms with Crippen LogP contribution in [0.15, 0.2) is 84.5 Å². The number of rotatable bonds is 4. The lowest BCUT2D eigenvalue weighted by Gasteiger charge is -2.25. The quantitative estimate of drug-likeness (QED) is 0.524. The fraction of sp³-hybridized carbons (Fsp3) is 0.0556. The number of allylic oxidation sites excluding steroid dienone is 6. The van der Waals surface area contributed by atoms with Crippen LogP contribution in [0.5, 0.6) is 0 Å². The molecule has 0 spiro atoms. The van der Waals surface area contributed by atoms with E-state index in [4.69, 9.17) is 0 Å². The first-order valence-corrected chi connectivity index (χ1v) is 7.38. The van der Waals surface area contributed by atoms with Crippen molar-refractivity contribution in [2.24, 2.45) is 0 Å². The maximum Gasteiger partial charge on any atom is 0.269 e. The molecule has 24 heavy (non-hydrogen) atoms. The molecular weight excluding hydrogens is 306 g/mol. The molecule has 6 heteroatoms. The SMILES string of the molecule is O=C(CN1C=CC=C/C1=C1/C=CC=CN1)c1ccc([N+](=O)[O-])cc1. The zero-order chi connectivity index (χ0) is 16.9. The molecule has 0 atom stereocenters. The standard InChI is InChI=1S/C18H15N3O3/c22-18(14-7-9-15(10-8-14)21(23)24)13-20-12-4-2-6-17(20)16-5-1-3-11-19-16/h1-12,19H,13H2/b17-16+. The molecule has 0 saturated heterocycles. The molecule has 2 aliphatic rings. The van der Waals surface area contributed by atoms with Crippen molar-refractivity contribution in [2.75, 3.05) is 6.54 Å². The minimum atomic E-state index is -0.483. The Morgan fingerprint density at radius 2 is 1.83 bits per heavy atom. The number of nitrogens with one attached hydrogen (secondary N) is 1. The van der Waals surface area contributed by atoms with Gasteiger partial charge in [0, 0.05) is 30.1 Å². The predicted molar refractivity (Wildman–Crippen MR) is 90.9 cm³/mol. The number of carbonyl (C=O) groups is 1.